The summed E-state index contributed by atoms with van der Waals surface area (Å²) < 4.78 is 12.5. The van der Waals surface area contributed by atoms with Gasteiger partial charge in [-0.15, -0.1) is 0 Å². The number of rotatable bonds is 6. The summed E-state index contributed by atoms with van der Waals surface area (Å²) in [4.78, 5) is 0. The summed E-state index contributed by atoms with van der Waals surface area (Å²) in [5.41, 5.74) is 7.24. The van der Waals surface area contributed by atoms with Gasteiger partial charge in [-0.3, -0.25) is 0 Å². The Bertz CT molecular complexity index is 589. The summed E-state index contributed by atoms with van der Waals surface area (Å²) in [6.07, 6.45) is 0.553. The van der Waals surface area contributed by atoms with Crippen LogP contribution in [0.4, 0.5) is 0 Å². The van der Waals surface area contributed by atoms with Crippen LogP contribution < -0.4 is 15.2 Å². The topological polar surface area (TPSA) is 44.5 Å². The zero-order valence-corrected chi connectivity index (χ0v) is 13.8. The second kappa shape index (κ2) is 7.48. The molecule has 0 heterocycles. The van der Waals surface area contributed by atoms with Crippen molar-refractivity contribution in [2.45, 2.75) is 25.5 Å². The zero-order chi connectivity index (χ0) is 15.2. The van der Waals surface area contributed by atoms with Crippen molar-refractivity contribution < 1.29 is 9.47 Å². The monoisotopic (exact) mass is 349 g/mol. The van der Waals surface area contributed by atoms with Gasteiger partial charge in [-0.25, -0.2) is 0 Å². The van der Waals surface area contributed by atoms with Crippen LogP contribution in [0.1, 0.15) is 25.0 Å². The van der Waals surface area contributed by atoms with E-state index in [1.807, 2.05) is 48.5 Å². The Morgan fingerprint density at radius 2 is 1.67 bits per heavy atom. The van der Waals surface area contributed by atoms with Gasteiger partial charge in [0.05, 0.1) is 11.6 Å². The van der Waals surface area contributed by atoms with E-state index in [1.165, 1.54) is 0 Å². The molecule has 3 nitrogen and oxygen atoms in total. The predicted molar refractivity (Wildman–Crippen MR) is 88.8 cm³/mol. The standard InChI is InChI=1S/C17H20BrNO2/c1-3-14(19)17(12-8-4-6-10-15(12)20-2)21-16-11-7-5-9-13(16)18/h4-11,14,17H,3,19H2,1-2H3. The molecule has 0 fully saturated rings. The van der Waals surface area contributed by atoms with E-state index in [2.05, 4.69) is 22.9 Å². The van der Waals surface area contributed by atoms with Gasteiger partial charge < -0.3 is 15.2 Å². The van der Waals surface area contributed by atoms with Gasteiger partial charge in [0, 0.05) is 11.6 Å². The smallest absolute Gasteiger partial charge is 0.142 e. The van der Waals surface area contributed by atoms with Crippen molar-refractivity contribution in [3.63, 3.8) is 0 Å². The van der Waals surface area contributed by atoms with Crippen LogP contribution in [0.5, 0.6) is 11.5 Å². The number of hydrogen-bond donors (Lipinski definition) is 1. The van der Waals surface area contributed by atoms with E-state index in [9.17, 15) is 0 Å². The van der Waals surface area contributed by atoms with Crippen LogP contribution in [0.15, 0.2) is 53.0 Å². The van der Waals surface area contributed by atoms with E-state index in [0.717, 1.165) is 28.0 Å². The lowest BCUT2D eigenvalue weighted by Gasteiger charge is -2.26. The molecule has 0 saturated heterocycles. The molecule has 0 amide bonds. The first-order valence-electron chi connectivity index (χ1n) is 6.97. The number of methoxy groups -OCH3 is 1. The average molecular weight is 350 g/mol. The largest absolute Gasteiger partial charge is 0.496 e. The highest BCUT2D eigenvalue weighted by Crippen LogP contribution is 2.34. The third kappa shape index (κ3) is 3.77. The lowest BCUT2D eigenvalue weighted by molar-refractivity contribution is 0.166. The van der Waals surface area contributed by atoms with E-state index in [1.54, 1.807) is 7.11 Å². The molecule has 4 heteroatoms. The maximum atomic E-state index is 6.27. The molecule has 0 spiro atoms. The molecular weight excluding hydrogens is 330 g/mol. The van der Waals surface area contributed by atoms with Gasteiger partial charge in [-0.1, -0.05) is 37.3 Å². The molecule has 112 valence electrons. The minimum atomic E-state index is -0.259. The SMILES string of the molecule is CCC(N)C(Oc1ccccc1Br)c1ccccc1OC. The Balaban J connectivity index is 2.37. The number of halogens is 1. The minimum absolute atomic E-state index is 0.117. The van der Waals surface area contributed by atoms with Crippen molar-refractivity contribution >= 4 is 15.9 Å². The second-order valence-corrected chi connectivity index (χ2v) is 5.64. The third-order valence-corrected chi connectivity index (χ3v) is 4.05. The van der Waals surface area contributed by atoms with Gasteiger partial charge in [-0.2, -0.15) is 0 Å². The Morgan fingerprint density at radius 3 is 2.29 bits per heavy atom. The Morgan fingerprint density at radius 1 is 1.05 bits per heavy atom. The van der Waals surface area contributed by atoms with Gasteiger partial charge >= 0.3 is 0 Å². The minimum Gasteiger partial charge on any atom is -0.496 e. The van der Waals surface area contributed by atoms with E-state index in [-0.39, 0.29) is 12.1 Å². The van der Waals surface area contributed by atoms with Crippen molar-refractivity contribution in [1.29, 1.82) is 0 Å². The van der Waals surface area contributed by atoms with E-state index in [0.29, 0.717) is 0 Å². The van der Waals surface area contributed by atoms with Crippen LogP contribution in [0.2, 0.25) is 0 Å². The molecule has 2 aromatic carbocycles. The van der Waals surface area contributed by atoms with E-state index in [4.69, 9.17) is 15.2 Å². The molecule has 0 saturated carbocycles. The molecule has 2 N–H and O–H groups in total. The zero-order valence-electron chi connectivity index (χ0n) is 12.3. The summed E-state index contributed by atoms with van der Waals surface area (Å²) in [6, 6.07) is 15.5. The van der Waals surface area contributed by atoms with Gasteiger partial charge in [0.2, 0.25) is 0 Å². The quantitative estimate of drug-likeness (QED) is 0.844. The summed E-state index contributed by atoms with van der Waals surface area (Å²) in [7, 11) is 1.66. The predicted octanol–water partition coefficient (Wildman–Crippen LogP) is 4.32. The van der Waals surface area contributed by atoms with Crippen LogP contribution >= 0.6 is 15.9 Å². The normalized spacial score (nSPS) is 13.5. The Labute approximate surface area is 134 Å². The van der Waals surface area contributed by atoms with Crippen LogP contribution in [0.25, 0.3) is 0 Å². The first-order valence-corrected chi connectivity index (χ1v) is 7.76. The van der Waals surface area contributed by atoms with Crippen LogP contribution in [-0.2, 0) is 0 Å². The van der Waals surface area contributed by atoms with Crippen LogP contribution in [-0.4, -0.2) is 13.2 Å². The fourth-order valence-corrected chi connectivity index (χ4v) is 2.55. The molecule has 0 radical (unpaired) electrons. The molecular formula is C17H20BrNO2. The maximum Gasteiger partial charge on any atom is 0.142 e. The molecule has 2 rings (SSSR count). The number of ether oxygens (including phenoxy) is 2. The van der Waals surface area contributed by atoms with Crippen molar-refractivity contribution in [3.05, 3.63) is 58.6 Å². The molecule has 0 aliphatic rings. The number of nitrogens with two attached hydrogens (primary N) is 1. The van der Waals surface area contributed by atoms with E-state index >= 15 is 0 Å². The molecule has 0 aromatic heterocycles. The third-order valence-electron chi connectivity index (χ3n) is 3.40. The first-order chi connectivity index (χ1) is 10.2. The Kier molecular flexibility index (Phi) is 5.65. The molecule has 0 aliphatic carbocycles. The summed E-state index contributed by atoms with van der Waals surface area (Å²) in [5.74, 6) is 1.57. The van der Waals surface area contributed by atoms with Gasteiger partial charge in [0.25, 0.3) is 0 Å². The fourth-order valence-electron chi connectivity index (χ4n) is 2.17. The molecule has 0 aliphatic heterocycles. The molecule has 2 atom stereocenters. The fraction of sp³-hybridized carbons (Fsp3) is 0.294. The average Bonchev–Trinajstić information content (AvgIpc) is 2.53. The highest BCUT2D eigenvalue weighted by Gasteiger charge is 2.24. The molecule has 0 bridgehead atoms. The maximum absolute atomic E-state index is 6.27. The molecule has 2 aromatic rings. The van der Waals surface area contributed by atoms with E-state index < -0.39 is 0 Å². The van der Waals surface area contributed by atoms with Crippen molar-refractivity contribution in [2.75, 3.05) is 7.11 Å². The second-order valence-electron chi connectivity index (χ2n) is 4.78. The highest BCUT2D eigenvalue weighted by atomic mass is 79.9. The number of hydrogen-bond acceptors (Lipinski definition) is 3. The Hall–Kier alpha value is -1.52. The van der Waals surface area contributed by atoms with Gasteiger partial charge in [0.1, 0.15) is 17.6 Å². The summed E-state index contributed by atoms with van der Waals surface area (Å²) in [6.45, 7) is 2.05. The molecule has 2 unspecified atom stereocenters. The van der Waals surface area contributed by atoms with Crippen molar-refractivity contribution in [3.8, 4) is 11.5 Å². The van der Waals surface area contributed by atoms with Crippen LogP contribution in [0, 0.1) is 0 Å². The highest BCUT2D eigenvalue weighted by molar-refractivity contribution is 9.10. The van der Waals surface area contributed by atoms with Crippen LogP contribution in [0.3, 0.4) is 0 Å². The summed E-state index contributed by atoms with van der Waals surface area (Å²) >= 11 is 3.51. The van der Waals surface area contributed by atoms with Gasteiger partial charge in [-0.05, 0) is 40.5 Å². The number of para-hydroxylation sites is 2. The lowest BCUT2D eigenvalue weighted by Crippen LogP contribution is -2.31. The van der Waals surface area contributed by atoms with Crippen molar-refractivity contribution in [1.82, 2.24) is 0 Å². The molecule has 21 heavy (non-hydrogen) atoms. The number of benzene rings is 2. The lowest BCUT2D eigenvalue weighted by atomic mass is 10.00. The summed E-state index contributed by atoms with van der Waals surface area (Å²) in [5, 5.41) is 0. The van der Waals surface area contributed by atoms with Crippen molar-refractivity contribution in [2.24, 2.45) is 5.73 Å². The first kappa shape index (κ1) is 15.9. The van der Waals surface area contributed by atoms with Gasteiger partial charge in [0.15, 0.2) is 0 Å².